The average Bonchev–Trinajstić information content (AvgIpc) is 2.70. The first-order valence-electron chi connectivity index (χ1n) is 8.67. The summed E-state index contributed by atoms with van der Waals surface area (Å²) in [7, 11) is 4.88. The van der Waals surface area contributed by atoms with Crippen LogP contribution in [0.1, 0.15) is 18.1 Å². The van der Waals surface area contributed by atoms with E-state index < -0.39 is 0 Å². The van der Waals surface area contributed by atoms with Crippen LogP contribution in [0.25, 0.3) is 0 Å². The molecule has 2 N–H and O–H groups in total. The van der Waals surface area contributed by atoms with Gasteiger partial charge in [0.05, 0.1) is 20.8 Å². The van der Waals surface area contributed by atoms with E-state index in [2.05, 4.69) is 15.6 Å². The van der Waals surface area contributed by atoms with E-state index in [4.69, 9.17) is 14.2 Å². The Morgan fingerprint density at radius 2 is 1.50 bits per heavy atom. The largest absolute Gasteiger partial charge is 0.493 e. The predicted molar refractivity (Wildman–Crippen MR) is 120 cm³/mol. The van der Waals surface area contributed by atoms with Crippen LogP contribution in [0.3, 0.4) is 0 Å². The van der Waals surface area contributed by atoms with Gasteiger partial charge in [0.1, 0.15) is 5.82 Å². The fourth-order valence-electron chi connectivity index (χ4n) is 2.52. The first-order valence-corrected chi connectivity index (χ1v) is 8.67. The van der Waals surface area contributed by atoms with E-state index in [0.29, 0.717) is 42.9 Å². The molecule has 6 nitrogen and oxygen atoms in total. The van der Waals surface area contributed by atoms with Crippen molar-refractivity contribution < 1.29 is 18.6 Å². The molecule has 0 radical (unpaired) electrons. The Morgan fingerprint density at radius 3 is 1.96 bits per heavy atom. The molecule has 0 saturated heterocycles. The lowest BCUT2D eigenvalue weighted by atomic mass is 10.1. The van der Waals surface area contributed by atoms with Crippen LogP contribution in [0.2, 0.25) is 0 Å². The maximum absolute atomic E-state index is 13.0. The summed E-state index contributed by atoms with van der Waals surface area (Å²) in [6.45, 7) is 3.48. The van der Waals surface area contributed by atoms with Crippen molar-refractivity contribution in [2.75, 3.05) is 27.9 Å². The highest BCUT2D eigenvalue weighted by Crippen LogP contribution is 2.38. The number of benzene rings is 2. The van der Waals surface area contributed by atoms with Crippen LogP contribution >= 0.6 is 24.0 Å². The average molecular weight is 503 g/mol. The van der Waals surface area contributed by atoms with Crippen LogP contribution in [0.5, 0.6) is 17.2 Å². The van der Waals surface area contributed by atoms with E-state index in [0.717, 1.165) is 11.1 Å². The van der Waals surface area contributed by atoms with Crippen LogP contribution < -0.4 is 24.8 Å². The molecule has 0 fully saturated rings. The van der Waals surface area contributed by atoms with Crippen molar-refractivity contribution >= 4 is 29.9 Å². The molecule has 0 bridgehead atoms. The molecular weight excluding hydrogens is 476 g/mol. The summed E-state index contributed by atoms with van der Waals surface area (Å²) < 4.78 is 29.4. The summed E-state index contributed by atoms with van der Waals surface area (Å²) in [6, 6.07) is 10.1. The minimum Gasteiger partial charge on any atom is -0.493 e. The van der Waals surface area contributed by atoms with E-state index >= 15 is 0 Å². The van der Waals surface area contributed by atoms with Gasteiger partial charge in [0, 0.05) is 20.1 Å². The first kappa shape index (κ1) is 23.8. The van der Waals surface area contributed by atoms with Gasteiger partial charge in [-0.05, 0) is 42.3 Å². The molecule has 0 amide bonds. The molecule has 154 valence electrons. The van der Waals surface area contributed by atoms with Crippen LogP contribution in [0, 0.1) is 5.82 Å². The van der Waals surface area contributed by atoms with E-state index in [9.17, 15) is 4.39 Å². The SMILES string of the molecule is CCOc1c(OC)cc(CNC(=NC)NCc2ccc(F)cc2)cc1OC.I. The van der Waals surface area contributed by atoms with E-state index in [1.54, 1.807) is 33.4 Å². The van der Waals surface area contributed by atoms with Crippen LogP contribution in [-0.2, 0) is 13.1 Å². The minimum atomic E-state index is -0.250. The third-order valence-corrected chi connectivity index (χ3v) is 3.87. The van der Waals surface area contributed by atoms with Gasteiger partial charge in [-0.3, -0.25) is 4.99 Å². The molecule has 0 aliphatic heterocycles. The Hall–Kier alpha value is -2.23. The van der Waals surface area contributed by atoms with E-state index in [1.165, 1.54) is 12.1 Å². The summed E-state index contributed by atoms with van der Waals surface area (Å²) in [5, 5.41) is 6.43. The number of methoxy groups -OCH3 is 2. The third kappa shape index (κ3) is 6.74. The molecule has 2 aromatic rings. The second-order valence-corrected chi connectivity index (χ2v) is 5.67. The highest BCUT2D eigenvalue weighted by Gasteiger charge is 2.14. The second-order valence-electron chi connectivity index (χ2n) is 5.67. The van der Waals surface area contributed by atoms with Crippen molar-refractivity contribution in [2.45, 2.75) is 20.0 Å². The molecule has 0 aromatic heterocycles. The number of halogens is 2. The zero-order valence-electron chi connectivity index (χ0n) is 16.5. The molecule has 0 saturated carbocycles. The Morgan fingerprint density at radius 1 is 0.964 bits per heavy atom. The van der Waals surface area contributed by atoms with Gasteiger partial charge >= 0.3 is 0 Å². The topological polar surface area (TPSA) is 64.1 Å². The summed E-state index contributed by atoms with van der Waals surface area (Å²) in [6.07, 6.45) is 0. The van der Waals surface area contributed by atoms with Crippen molar-refractivity contribution in [3.63, 3.8) is 0 Å². The van der Waals surface area contributed by atoms with Gasteiger partial charge < -0.3 is 24.8 Å². The molecule has 0 unspecified atom stereocenters. The molecule has 0 heterocycles. The fourth-order valence-corrected chi connectivity index (χ4v) is 2.52. The summed E-state index contributed by atoms with van der Waals surface area (Å²) in [4.78, 5) is 4.20. The fraction of sp³-hybridized carbons (Fsp3) is 0.350. The van der Waals surface area contributed by atoms with Gasteiger partial charge in [-0.2, -0.15) is 0 Å². The summed E-state index contributed by atoms with van der Waals surface area (Å²) in [5.41, 5.74) is 1.92. The third-order valence-electron chi connectivity index (χ3n) is 3.87. The molecule has 0 aliphatic rings. The van der Waals surface area contributed by atoms with Crippen LogP contribution in [0.15, 0.2) is 41.4 Å². The lowest BCUT2D eigenvalue weighted by molar-refractivity contribution is 0.288. The van der Waals surface area contributed by atoms with Crippen molar-refractivity contribution in [2.24, 2.45) is 4.99 Å². The van der Waals surface area contributed by atoms with Crippen molar-refractivity contribution in [3.05, 3.63) is 53.3 Å². The van der Waals surface area contributed by atoms with Crippen molar-refractivity contribution in [1.82, 2.24) is 10.6 Å². The van der Waals surface area contributed by atoms with Gasteiger partial charge in [0.25, 0.3) is 0 Å². The van der Waals surface area contributed by atoms with Gasteiger partial charge in [-0.15, -0.1) is 24.0 Å². The lowest BCUT2D eigenvalue weighted by Crippen LogP contribution is -2.36. The summed E-state index contributed by atoms with van der Waals surface area (Å²) >= 11 is 0. The van der Waals surface area contributed by atoms with Crippen molar-refractivity contribution in [3.8, 4) is 17.2 Å². The number of hydrogen-bond acceptors (Lipinski definition) is 4. The zero-order chi connectivity index (χ0) is 19.6. The highest BCUT2D eigenvalue weighted by molar-refractivity contribution is 14.0. The molecule has 0 aliphatic carbocycles. The molecule has 8 heteroatoms. The molecule has 2 aromatic carbocycles. The van der Waals surface area contributed by atoms with Crippen LogP contribution in [0.4, 0.5) is 4.39 Å². The number of rotatable bonds is 8. The Kier molecular flexibility index (Phi) is 10.4. The summed E-state index contributed by atoms with van der Waals surface area (Å²) in [5.74, 6) is 2.19. The molecule has 0 spiro atoms. The van der Waals surface area contributed by atoms with Gasteiger partial charge in [-0.1, -0.05) is 12.1 Å². The van der Waals surface area contributed by atoms with Gasteiger partial charge in [0.15, 0.2) is 17.5 Å². The second kappa shape index (κ2) is 12.3. The molecule has 2 rings (SSSR count). The highest BCUT2D eigenvalue weighted by atomic mass is 127. The minimum absolute atomic E-state index is 0. The van der Waals surface area contributed by atoms with Crippen LogP contribution in [-0.4, -0.2) is 33.8 Å². The maximum atomic E-state index is 13.0. The predicted octanol–water partition coefficient (Wildman–Crippen LogP) is 3.72. The van der Waals surface area contributed by atoms with Gasteiger partial charge in [0.2, 0.25) is 5.75 Å². The normalized spacial score (nSPS) is 10.7. The lowest BCUT2D eigenvalue weighted by Gasteiger charge is -2.16. The quantitative estimate of drug-likeness (QED) is 0.327. The van der Waals surface area contributed by atoms with Crippen molar-refractivity contribution in [1.29, 1.82) is 0 Å². The Labute approximate surface area is 182 Å². The number of ether oxygens (including phenoxy) is 3. The number of guanidine groups is 1. The number of hydrogen-bond donors (Lipinski definition) is 2. The standard InChI is InChI=1S/C20H26FN3O3.HI/c1-5-27-19-17(25-3)10-15(11-18(19)26-4)13-24-20(22-2)23-12-14-6-8-16(21)9-7-14;/h6-11H,5,12-13H2,1-4H3,(H2,22,23,24);1H. The number of nitrogens with zero attached hydrogens (tertiary/aromatic N) is 1. The molecule has 28 heavy (non-hydrogen) atoms. The van der Waals surface area contributed by atoms with Gasteiger partial charge in [-0.25, -0.2) is 4.39 Å². The number of aliphatic imine (C=N–C) groups is 1. The Balaban J connectivity index is 0.00000392. The van der Waals surface area contributed by atoms with E-state index in [-0.39, 0.29) is 29.8 Å². The Bertz CT molecular complexity index is 745. The maximum Gasteiger partial charge on any atom is 0.203 e. The number of nitrogens with one attached hydrogen (secondary N) is 2. The monoisotopic (exact) mass is 503 g/mol. The smallest absolute Gasteiger partial charge is 0.203 e. The zero-order valence-corrected chi connectivity index (χ0v) is 18.9. The molecule has 0 atom stereocenters. The van der Waals surface area contributed by atoms with E-state index in [1.807, 2.05) is 19.1 Å². The molecular formula is C20H27FIN3O3. The first-order chi connectivity index (χ1) is 13.1.